The molecule has 1 aromatic rings. The second kappa shape index (κ2) is 6.36. The van der Waals surface area contributed by atoms with E-state index in [-0.39, 0.29) is 5.54 Å². The van der Waals surface area contributed by atoms with Crippen LogP contribution in [-0.2, 0) is 6.54 Å². The third kappa shape index (κ3) is 3.83. The number of hydrogen-bond acceptors (Lipinski definition) is 4. The number of rotatable bonds is 6. The fourth-order valence-corrected chi connectivity index (χ4v) is 2.45. The number of nitrogens with zero attached hydrogens (tertiary/aromatic N) is 1. The van der Waals surface area contributed by atoms with E-state index in [0.717, 1.165) is 51.4 Å². The maximum Gasteiger partial charge on any atom is 0.117 e. The summed E-state index contributed by atoms with van der Waals surface area (Å²) in [5, 5.41) is 6.85. The minimum Gasteiger partial charge on any atom is -0.468 e. The van der Waals surface area contributed by atoms with Gasteiger partial charge in [-0.3, -0.25) is 4.90 Å². The van der Waals surface area contributed by atoms with Crippen LogP contribution >= 0.6 is 0 Å². The average molecular weight is 251 g/mol. The molecule has 0 radical (unpaired) electrons. The van der Waals surface area contributed by atoms with Crippen molar-refractivity contribution in [2.24, 2.45) is 0 Å². The van der Waals surface area contributed by atoms with Gasteiger partial charge in [-0.1, -0.05) is 0 Å². The van der Waals surface area contributed by atoms with E-state index in [2.05, 4.69) is 29.4 Å². The predicted octanol–water partition coefficient (Wildman–Crippen LogP) is 1.44. The Labute approximate surface area is 110 Å². The summed E-state index contributed by atoms with van der Waals surface area (Å²) in [5.74, 6) is 1.01. The molecule has 1 saturated heterocycles. The Hall–Kier alpha value is -0.840. The van der Waals surface area contributed by atoms with Crippen LogP contribution in [0.1, 0.15) is 26.0 Å². The Morgan fingerprint density at radius 3 is 2.83 bits per heavy atom. The zero-order chi connectivity index (χ0) is 12.8. The molecule has 0 aliphatic carbocycles. The number of furan rings is 1. The van der Waals surface area contributed by atoms with Crippen LogP contribution in [0, 0.1) is 0 Å². The van der Waals surface area contributed by atoms with Crippen molar-refractivity contribution in [2.75, 3.05) is 32.7 Å². The summed E-state index contributed by atoms with van der Waals surface area (Å²) in [6.07, 6.45) is 2.88. The number of piperazine rings is 1. The van der Waals surface area contributed by atoms with Crippen LogP contribution in [0.15, 0.2) is 22.8 Å². The van der Waals surface area contributed by atoms with E-state index >= 15 is 0 Å². The van der Waals surface area contributed by atoms with Crippen molar-refractivity contribution in [3.63, 3.8) is 0 Å². The molecule has 0 bridgehead atoms. The van der Waals surface area contributed by atoms with E-state index in [1.54, 1.807) is 6.26 Å². The zero-order valence-corrected chi connectivity index (χ0v) is 11.5. The SMILES string of the molecule is CC(C)(CCNCc1ccco1)N1CCNCC1. The number of hydrogen-bond donors (Lipinski definition) is 2. The van der Waals surface area contributed by atoms with Gasteiger partial charge in [0, 0.05) is 31.7 Å². The van der Waals surface area contributed by atoms with Crippen molar-refractivity contribution in [3.8, 4) is 0 Å². The van der Waals surface area contributed by atoms with Gasteiger partial charge < -0.3 is 15.1 Å². The number of nitrogens with one attached hydrogen (secondary N) is 2. The van der Waals surface area contributed by atoms with Gasteiger partial charge in [-0.05, 0) is 38.9 Å². The van der Waals surface area contributed by atoms with E-state index in [0.29, 0.717) is 0 Å². The van der Waals surface area contributed by atoms with E-state index < -0.39 is 0 Å². The van der Waals surface area contributed by atoms with Gasteiger partial charge in [-0.15, -0.1) is 0 Å². The highest BCUT2D eigenvalue weighted by Gasteiger charge is 2.26. The van der Waals surface area contributed by atoms with Crippen LogP contribution in [0.3, 0.4) is 0 Å². The maximum atomic E-state index is 5.30. The van der Waals surface area contributed by atoms with Gasteiger partial charge in [0.25, 0.3) is 0 Å². The molecule has 0 aromatic carbocycles. The Morgan fingerprint density at radius 1 is 1.39 bits per heavy atom. The standard InChI is InChI=1S/C14H25N3O/c1-14(2,17-9-7-15-8-10-17)5-6-16-12-13-4-3-11-18-13/h3-4,11,15-16H,5-10,12H2,1-2H3. The molecule has 2 rings (SSSR count). The van der Waals surface area contributed by atoms with Crippen molar-refractivity contribution in [2.45, 2.75) is 32.4 Å². The van der Waals surface area contributed by atoms with Crippen molar-refractivity contribution >= 4 is 0 Å². The molecule has 0 atom stereocenters. The Kier molecular flexibility index (Phi) is 4.80. The summed E-state index contributed by atoms with van der Waals surface area (Å²) < 4.78 is 5.30. The summed E-state index contributed by atoms with van der Waals surface area (Å²) in [7, 11) is 0. The first-order chi connectivity index (χ1) is 8.68. The molecule has 4 heteroatoms. The summed E-state index contributed by atoms with van der Waals surface area (Å²) in [5.41, 5.74) is 0.276. The first-order valence-electron chi connectivity index (χ1n) is 6.87. The topological polar surface area (TPSA) is 40.4 Å². The van der Waals surface area contributed by atoms with Gasteiger partial charge in [0.05, 0.1) is 12.8 Å². The van der Waals surface area contributed by atoms with Gasteiger partial charge in [-0.25, -0.2) is 0 Å². The van der Waals surface area contributed by atoms with Crippen LogP contribution in [-0.4, -0.2) is 43.2 Å². The van der Waals surface area contributed by atoms with E-state index in [1.165, 1.54) is 0 Å². The highest BCUT2D eigenvalue weighted by atomic mass is 16.3. The van der Waals surface area contributed by atoms with Crippen LogP contribution in [0.5, 0.6) is 0 Å². The van der Waals surface area contributed by atoms with Crippen molar-refractivity contribution in [3.05, 3.63) is 24.2 Å². The molecule has 102 valence electrons. The molecule has 18 heavy (non-hydrogen) atoms. The van der Waals surface area contributed by atoms with E-state index in [1.807, 2.05) is 12.1 Å². The molecular weight excluding hydrogens is 226 g/mol. The minimum atomic E-state index is 0.276. The fourth-order valence-electron chi connectivity index (χ4n) is 2.45. The Morgan fingerprint density at radius 2 is 2.17 bits per heavy atom. The summed E-state index contributed by atoms with van der Waals surface area (Å²) in [4.78, 5) is 2.58. The lowest BCUT2D eigenvalue weighted by Crippen LogP contribution is -2.54. The second-order valence-electron chi connectivity index (χ2n) is 5.56. The normalized spacial score (nSPS) is 18.1. The minimum absolute atomic E-state index is 0.276. The fraction of sp³-hybridized carbons (Fsp3) is 0.714. The van der Waals surface area contributed by atoms with Gasteiger partial charge >= 0.3 is 0 Å². The molecule has 2 heterocycles. The smallest absolute Gasteiger partial charge is 0.117 e. The molecular formula is C14H25N3O. The van der Waals surface area contributed by atoms with Crippen LogP contribution in [0.2, 0.25) is 0 Å². The first kappa shape index (κ1) is 13.6. The van der Waals surface area contributed by atoms with Crippen LogP contribution < -0.4 is 10.6 Å². The summed E-state index contributed by atoms with van der Waals surface area (Å²) in [6.45, 7) is 11.1. The molecule has 0 unspecified atom stereocenters. The molecule has 4 nitrogen and oxygen atoms in total. The monoisotopic (exact) mass is 251 g/mol. The molecule has 0 amide bonds. The molecule has 1 aliphatic heterocycles. The quantitative estimate of drug-likeness (QED) is 0.751. The van der Waals surface area contributed by atoms with Crippen LogP contribution in [0.25, 0.3) is 0 Å². The van der Waals surface area contributed by atoms with E-state index in [9.17, 15) is 0 Å². The molecule has 1 aromatic heterocycles. The molecule has 0 saturated carbocycles. The summed E-state index contributed by atoms with van der Waals surface area (Å²) >= 11 is 0. The van der Waals surface area contributed by atoms with Gasteiger partial charge in [0.15, 0.2) is 0 Å². The van der Waals surface area contributed by atoms with Crippen molar-refractivity contribution < 1.29 is 4.42 Å². The second-order valence-corrected chi connectivity index (χ2v) is 5.56. The molecule has 2 N–H and O–H groups in total. The Bertz CT molecular complexity index is 329. The highest BCUT2D eigenvalue weighted by molar-refractivity contribution is 4.97. The summed E-state index contributed by atoms with van der Waals surface area (Å²) in [6, 6.07) is 3.94. The Balaban J connectivity index is 1.67. The lowest BCUT2D eigenvalue weighted by Gasteiger charge is -2.41. The average Bonchev–Trinajstić information content (AvgIpc) is 2.89. The molecule has 0 spiro atoms. The third-order valence-corrected chi connectivity index (χ3v) is 3.77. The van der Waals surface area contributed by atoms with E-state index in [4.69, 9.17) is 4.42 Å². The van der Waals surface area contributed by atoms with Crippen LogP contribution in [0.4, 0.5) is 0 Å². The predicted molar refractivity (Wildman–Crippen MR) is 73.6 cm³/mol. The zero-order valence-electron chi connectivity index (χ0n) is 11.5. The van der Waals surface area contributed by atoms with Crippen molar-refractivity contribution in [1.82, 2.24) is 15.5 Å². The largest absolute Gasteiger partial charge is 0.468 e. The maximum absolute atomic E-state index is 5.30. The van der Waals surface area contributed by atoms with Crippen molar-refractivity contribution in [1.29, 1.82) is 0 Å². The van der Waals surface area contributed by atoms with Gasteiger partial charge in [0.2, 0.25) is 0 Å². The lowest BCUT2D eigenvalue weighted by atomic mass is 9.97. The lowest BCUT2D eigenvalue weighted by molar-refractivity contribution is 0.0954. The van der Waals surface area contributed by atoms with Gasteiger partial charge in [0.1, 0.15) is 5.76 Å². The third-order valence-electron chi connectivity index (χ3n) is 3.77. The molecule has 1 aliphatic rings. The molecule has 1 fully saturated rings. The van der Waals surface area contributed by atoms with Gasteiger partial charge in [-0.2, -0.15) is 0 Å². The highest BCUT2D eigenvalue weighted by Crippen LogP contribution is 2.18. The first-order valence-corrected chi connectivity index (χ1v) is 6.87.